The first-order chi connectivity index (χ1) is 11.7. The molecule has 6 heteroatoms. The largest absolute Gasteiger partial charge is 0.497 e. The molecule has 24 heavy (non-hydrogen) atoms. The number of hydrogen-bond acceptors (Lipinski definition) is 3. The lowest BCUT2D eigenvalue weighted by Crippen LogP contribution is -2.32. The molecule has 2 aromatic rings. The third kappa shape index (κ3) is 3.69. The SMILES string of the molecule is COc1ccc2c(ccn2CC(=O)NCCCN2CCCC2=O)c1. The summed E-state index contributed by atoms with van der Waals surface area (Å²) in [5.74, 6) is 1.02. The first-order valence-electron chi connectivity index (χ1n) is 8.35. The second-order valence-electron chi connectivity index (χ2n) is 6.06. The third-order valence-electron chi connectivity index (χ3n) is 4.39. The van der Waals surface area contributed by atoms with Gasteiger partial charge in [0.25, 0.3) is 0 Å². The van der Waals surface area contributed by atoms with Gasteiger partial charge in [-0.25, -0.2) is 0 Å². The zero-order valence-electron chi connectivity index (χ0n) is 14.0. The van der Waals surface area contributed by atoms with Crippen LogP contribution in [0.2, 0.25) is 0 Å². The van der Waals surface area contributed by atoms with Crippen LogP contribution >= 0.6 is 0 Å². The highest BCUT2D eigenvalue weighted by Gasteiger charge is 2.19. The van der Waals surface area contributed by atoms with E-state index in [4.69, 9.17) is 4.74 Å². The Morgan fingerprint density at radius 2 is 2.21 bits per heavy atom. The molecule has 0 unspecified atom stereocenters. The van der Waals surface area contributed by atoms with Crippen molar-refractivity contribution in [1.82, 2.24) is 14.8 Å². The molecule has 1 aromatic heterocycles. The molecule has 0 bridgehead atoms. The van der Waals surface area contributed by atoms with Gasteiger partial charge >= 0.3 is 0 Å². The molecule has 2 heterocycles. The van der Waals surface area contributed by atoms with Crippen LogP contribution < -0.4 is 10.1 Å². The van der Waals surface area contributed by atoms with E-state index in [0.717, 1.165) is 42.6 Å². The highest BCUT2D eigenvalue weighted by Crippen LogP contribution is 2.21. The normalized spacial score (nSPS) is 14.4. The summed E-state index contributed by atoms with van der Waals surface area (Å²) in [6.45, 7) is 2.46. The number of nitrogens with one attached hydrogen (secondary N) is 1. The minimum absolute atomic E-state index is 0.0175. The monoisotopic (exact) mass is 329 g/mol. The second-order valence-corrected chi connectivity index (χ2v) is 6.06. The maximum atomic E-state index is 12.1. The summed E-state index contributed by atoms with van der Waals surface area (Å²) >= 11 is 0. The first kappa shape index (κ1) is 16.4. The molecule has 0 aliphatic carbocycles. The molecule has 2 amide bonds. The maximum Gasteiger partial charge on any atom is 0.239 e. The lowest BCUT2D eigenvalue weighted by molar-refractivity contribution is -0.127. The molecule has 0 radical (unpaired) electrons. The van der Waals surface area contributed by atoms with Gasteiger partial charge in [-0.3, -0.25) is 9.59 Å². The molecule has 128 valence electrons. The Kier molecular flexibility index (Phi) is 5.03. The average Bonchev–Trinajstić information content (AvgIpc) is 3.17. The summed E-state index contributed by atoms with van der Waals surface area (Å²) in [5.41, 5.74) is 1.01. The molecule has 1 aromatic carbocycles. The Morgan fingerprint density at radius 1 is 1.33 bits per heavy atom. The highest BCUT2D eigenvalue weighted by atomic mass is 16.5. The van der Waals surface area contributed by atoms with Crippen molar-refractivity contribution in [2.45, 2.75) is 25.8 Å². The lowest BCUT2D eigenvalue weighted by Gasteiger charge is -2.15. The number of carbonyl (C=O) groups excluding carboxylic acids is 2. The van der Waals surface area contributed by atoms with Crippen LogP contribution in [0.5, 0.6) is 5.75 Å². The summed E-state index contributed by atoms with van der Waals surface area (Å²) in [5, 5.41) is 3.98. The number of benzene rings is 1. The van der Waals surface area contributed by atoms with Crippen molar-refractivity contribution in [2.24, 2.45) is 0 Å². The number of fused-ring (bicyclic) bond motifs is 1. The van der Waals surface area contributed by atoms with Gasteiger partial charge in [-0.15, -0.1) is 0 Å². The molecule has 1 saturated heterocycles. The van der Waals surface area contributed by atoms with E-state index in [2.05, 4.69) is 5.32 Å². The van der Waals surface area contributed by atoms with Crippen LogP contribution in [-0.4, -0.2) is 48.0 Å². The van der Waals surface area contributed by atoms with Crippen molar-refractivity contribution in [3.63, 3.8) is 0 Å². The van der Waals surface area contributed by atoms with Gasteiger partial charge in [0.1, 0.15) is 12.3 Å². The molecule has 0 spiro atoms. The van der Waals surface area contributed by atoms with E-state index in [-0.39, 0.29) is 11.8 Å². The zero-order chi connectivity index (χ0) is 16.9. The van der Waals surface area contributed by atoms with Gasteiger partial charge in [0.2, 0.25) is 11.8 Å². The third-order valence-corrected chi connectivity index (χ3v) is 4.39. The number of amides is 2. The number of methoxy groups -OCH3 is 1. The average molecular weight is 329 g/mol. The topological polar surface area (TPSA) is 63.6 Å². The van der Waals surface area contributed by atoms with Gasteiger partial charge in [0.15, 0.2) is 0 Å². The van der Waals surface area contributed by atoms with Crippen LogP contribution in [0.3, 0.4) is 0 Å². The van der Waals surface area contributed by atoms with E-state index in [1.165, 1.54) is 0 Å². The molecule has 0 atom stereocenters. The molecule has 1 aliphatic heterocycles. The number of likely N-dealkylation sites (tertiary alicyclic amines) is 1. The molecular formula is C18H23N3O3. The molecule has 6 nitrogen and oxygen atoms in total. The van der Waals surface area contributed by atoms with Crippen LogP contribution in [0.1, 0.15) is 19.3 Å². The van der Waals surface area contributed by atoms with Gasteiger partial charge in [0, 0.05) is 43.2 Å². The predicted octanol–water partition coefficient (Wildman–Crippen LogP) is 1.78. The standard InChI is InChI=1S/C18H23N3O3/c1-24-15-5-6-16-14(12-15)7-11-21(16)13-17(22)19-8-3-10-20-9-2-4-18(20)23/h5-7,11-12H,2-4,8-10,13H2,1H3,(H,19,22). The van der Waals surface area contributed by atoms with Crippen LogP contribution in [0.15, 0.2) is 30.5 Å². The van der Waals surface area contributed by atoms with Crippen LogP contribution in [0.4, 0.5) is 0 Å². The van der Waals surface area contributed by atoms with Gasteiger partial charge in [0.05, 0.1) is 7.11 Å². The van der Waals surface area contributed by atoms with E-state index in [1.807, 2.05) is 39.9 Å². The van der Waals surface area contributed by atoms with E-state index in [1.54, 1.807) is 7.11 Å². The summed E-state index contributed by atoms with van der Waals surface area (Å²) in [4.78, 5) is 25.5. The summed E-state index contributed by atoms with van der Waals surface area (Å²) in [6.07, 6.45) is 4.32. The molecule has 0 saturated carbocycles. The van der Waals surface area contributed by atoms with Gasteiger partial charge < -0.3 is 19.5 Å². The Hall–Kier alpha value is -2.50. The fourth-order valence-corrected chi connectivity index (χ4v) is 3.09. The van der Waals surface area contributed by atoms with Crippen molar-refractivity contribution < 1.29 is 14.3 Å². The minimum Gasteiger partial charge on any atom is -0.497 e. The van der Waals surface area contributed by atoms with E-state index in [9.17, 15) is 9.59 Å². The van der Waals surface area contributed by atoms with E-state index >= 15 is 0 Å². The van der Waals surface area contributed by atoms with Crippen molar-refractivity contribution in [1.29, 1.82) is 0 Å². The number of aromatic nitrogens is 1. The number of hydrogen-bond donors (Lipinski definition) is 1. The number of rotatable bonds is 7. The molecular weight excluding hydrogens is 306 g/mol. The minimum atomic E-state index is -0.0175. The Bertz CT molecular complexity index is 738. The summed E-state index contributed by atoms with van der Waals surface area (Å²) in [6, 6.07) is 7.78. The van der Waals surface area contributed by atoms with Crippen molar-refractivity contribution in [3.8, 4) is 5.75 Å². The van der Waals surface area contributed by atoms with Crippen molar-refractivity contribution in [2.75, 3.05) is 26.7 Å². The highest BCUT2D eigenvalue weighted by molar-refractivity contribution is 5.84. The van der Waals surface area contributed by atoms with Crippen molar-refractivity contribution in [3.05, 3.63) is 30.5 Å². The Labute approximate surface area is 141 Å². The first-order valence-corrected chi connectivity index (χ1v) is 8.35. The quantitative estimate of drug-likeness (QED) is 0.788. The zero-order valence-corrected chi connectivity index (χ0v) is 14.0. The second kappa shape index (κ2) is 7.38. The Morgan fingerprint density at radius 3 is 2.96 bits per heavy atom. The van der Waals surface area contributed by atoms with Gasteiger partial charge in [-0.1, -0.05) is 0 Å². The predicted molar refractivity (Wildman–Crippen MR) is 91.9 cm³/mol. The van der Waals surface area contributed by atoms with Crippen molar-refractivity contribution >= 4 is 22.7 Å². The van der Waals surface area contributed by atoms with Crippen LogP contribution in [-0.2, 0) is 16.1 Å². The van der Waals surface area contributed by atoms with E-state index in [0.29, 0.717) is 19.5 Å². The lowest BCUT2D eigenvalue weighted by atomic mass is 10.2. The Balaban J connectivity index is 1.47. The number of nitrogens with zero attached hydrogens (tertiary/aromatic N) is 2. The van der Waals surface area contributed by atoms with Gasteiger partial charge in [-0.05, 0) is 37.1 Å². The molecule has 3 rings (SSSR count). The van der Waals surface area contributed by atoms with Crippen LogP contribution in [0.25, 0.3) is 10.9 Å². The fraction of sp³-hybridized carbons (Fsp3) is 0.444. The maximum absolute atomic E-state index is 12.1. The number of ether oxygens (including phenoxy) is 1. The molecule has 1 fully saturated rings. The van der Waals surface area contributed by atoms with Crippen LogP contribution in [0, 0.1) is 0 Å². The smallest absolute Gasteiger partial charge is 0.239 e. The summed E-state index contributed by atoms with van der Waals surface area (Å²) in [7, 11) is 1.64. The summed E-state index contributed by atoms with van der Waals surface area (Å²) < 4.78 is 7.14. The van der Waals surface area contributed by atoms with Gasteiger partial charge in [-0.2, -0.15) is 0 Å². The fourth-order valence-electron chi connectivity index (χ4n) is 3.09. The van der Waals surface area contributed by atoms with E-state index < -0.39 is 0 Å². The molecule has 1 N–H and O–H groups in total. The number of carbonyl (C=O) groups is 2. The molecule has 1 aliphatic rings.